The van der Waals surface area contributed by atoms with Crippen LogP contribution in [0.15, 0.2) is 108 Å². The second-order valence-electron chi connectivity index (χ2n) is 45.3. The zero-order chi connectivity index (χ0) is 103. The molecule has 4 atom stereocenters. The largest absolute Gasteiger partial charge is 0.494 e. The van der Waals surface area contributed by atoms with E-state index in [0.29, 0.717) is 44.9 Å². The average molecular weight is 2070 g/mol. The number of hydrogen-bond donors (Lipinski definition) is 1. The summed E-state index contributed by atoms with van der Waals surface area (Å²) in [7, 11) is -0.408. The summed E-state index contributed by atoms with van der Waals surface area (Å²) in [6.45, 7) is 72.6. The quantitative estimate of drug-likeness (QED) is 0.0378. The minimum atomic E-state index is -0.993. The van der Waals surface area contributed by atoms with Gasteiger partial charge in [-0.15, -0.1) is 45.3 Å². The third kappa shape index (κ3) is 32.2. The molecule has 0 spiro atoms. The number of aryl methyl sites for hydroxylation is 4. The lowest BCUT2D eigenvalue weighted by Crippen LogP contribution is -2.41. The number of thiophene rings is 4. The maximum atomic E-state index is 13.1. The Bertz CT molecular complexity index is 5350. The molecule has 4 unspecified atom stereocenters. The number of ether oxygens (including phenoxy) is 7. The van der Waals surface area contributed by atoms with Crippen LogP contribution in [-0.4, -0.2) is 123 Å². The molecule has 137 heavy (non-hydrogen) atoms. The molecule has 0 amide bonds. The summed E-state index contributed by atoms with van der Waals surface area (Å²) in [5.41, 5.74) is 13.2. The summed E-state index contributed by atoms with van der Waals surface area (Å²) in [6.07, 6.45) is 29.4. The molecule has 754 valence electrons. The number of pyridine rings is 3. The number of rotatable bonds is 22. The van der Waals surface area contributed by atoms with Crippen LogP contribution in [0.2, 0.25) is 8.67 Å². The molecule has 7 aromatic rings. The Hall–Kier alpha value is -6.04. The Morgan fingerprint density at radius 1 is 0.401 bits per heavy atom. The van der Waals surface area contributed by atoms with Crippen LogP contribution in [0.4, 0.5) is 0 Å². The molecule has 19 nitrogen and oxygen atoms in total. The number of halogens is 3. The highest BCUT2D eigenvalue weighted by Gasteiger charge is 2.54. The highest BCUT2D eigenvalue weighted by atomic mass is 79.9. The molecule has 13 rings (SSSR count). The van der Waals surface area contributed by atoms with Gasteiger partial charge in [-0.3, -0.25) is 15.0 Å². The molecule has 2 saturated heterocycles. The first-order valence-electron chi connectivity index (χ1n) is 48.3. The summed E-state index contributed by atoms with van der Waals surface area (Å²) in [6, 6.07) is 11.9. The van der Waals surface area contributed by atoms with Gasteiger partial charge in [-0.2, -0.15) is 0 Å². The van der Waals surface area contributed by atoms with Gasteiger partial charge < -0.3 is 56.9 Å². The molecule has 0 radical (unpaired) electrons. The number of allylic oxidation sites excluding steroid dienone is 8. The van der Waals surface area contributed by atoms with Crippen LogP contribution in [0.25, 0.3) is 37.6 Å². The van der Waals surface area contributed by atoms with Crippen molar-refractivity contribution in [3.05, 3.63) is 175 Å². The first-order valence-corrected chi connectivity index (χ1v) is 53.1. The summed E-state index contributed by atoms with van der Waals surface area (Å²) in [4.78, 5) is 68.8. The highest BCUT2D eigenvalue weighted by molar-refractivity contribution is 9.10. The van der Waals surface area contributed by atoms with Crippen molar-refractivity contribution in [1.29, 1.82) is 0 Å². The van der Waals surface area contributed by atoms with Crippen molar-refractivity contribution in [3.63, 3.8) is 0 Å². The van der Waals surface area contributed by atoms with Gasteiger partial charge in [-0.25, -0.2) is 19.2 Å². The Labute approximate surface area is 855 Å². The first-order chi connectivity index (χ1) is 63.2. The highest BCUT2D eigenvalue weighted by Crippen LogP contribution is 2.54. The molecule has 4 aliphatic carbocycles. The van der Waals surface area contributed by atoms with Crippen molar-refractivity contribution in [1.82, 2.24) is 15.0 Å². The van der Waals surface area contributed by atoms with E-state index in [2.05, 4.69) is 145 Å². The van der Waals surface area contributed by atoms with E-state index >= 15 is 0 Å². The van der Waals surface area contributed by atoms with E-state index in [4.69, 9.17) is 75.0 Å². The zero-order valence-electron chi connectivity index (χ0n) is 88.5. The number of aromatic nitrogens is 3. The molecule has 0 bridgehead atoms. The van der Waals surface area contributed by atoms with Gasteiger partial charge in [0.15, 0.2) is 24.4 Å². The summed E-state index contributed by atoms with van der Waals surface area (Å²) >= 11 is 22.4. The van der Waals surface area contributed by atoms with E-state index in [1.54, 1.807) is 54.4 Å². The van der Waals surface area contributed by atoms with Gasteiger partial charge in [-0.1, -0.05) is 103 Å². The van der Waals surface area contributed by atoms with Gasteiger partial charge in [0.2, 0.25) is 0 Å². The normalized spacial score (nSPS) is 19.3. The van der Waals surface area contributed by atoms with Crippen molar-refractivity contribution < 1.29 is 76.1 Å². The molecular weight excluding hydrogens is 1910 g/mol. The molecule has 6 aliphatic rings. The van der Waals surface area contributed by atoms with Crippen LogP contribution in [-0.2, 0) is 71.0 Å². The molecule has 0 aromatic carbocycles. The Morgan fingerprint density at radius 3 is 0.978 bits per heavy atom. The van der Waals surface area contributed by atoms with E-state index in [9.17, 15) is 24.3 Å². The second-order valence-corrected chi connectivity index (χ2v) is 52.2. The monoisotopic (exact) mass is 2060 g/mol. The van der Waals surface area contributed by atoms with Crippen molar-refractivity contribution in [3.8, 4) is 20.9 Å². The number of aliphatic carboxylic acids is 1. The van der Waals surface area contributed by atoms with Crippen molar-refractivity contribution in [2.45, 2.75) is 389 Å². The lowest BCUT2D eigenvalue weighted by molar-refractivity contribution is -0.167. The number of carbonyl (C=O) groups excluding carboxylic acids is 3. The number of hydrogen-bond acceptors (Lipinski definition) is 22. The predicted octanol–water partition coefficient (Wildman–Crippen LogP) is 30.5. The van der Waals surface area contributed by atoms with Gasteiger partial charge in [0.25, 0.3) is 0 Å². The standard InChI is InChI=1S/C26H35NO3S.C24H31NO3S.C21H31ClO3S.C14H25BO2.C13H18BrClO3S.C11H16BNO2/c1-8-29-24(28)22(30-25(3,4)5)20-17(2)31-23(19-11-15-27-16-12-19)21(20)18-9-13-26(6,7)14-10-18;1-15-18(20(22(26)27)28-23(2,3)4)19(16-7-11-24(5,6)12-8-16)21(29-15)17-9-13-25-14-10-17;1-8-24-19(23)17(25-20(3,4)5)15-13(2)26-18(22)16(15)14-9-11-21(6,7)12-10-14;1-12(2)9-7-11(8-10-12)15-16-13(3,4)14(5,6)17-15;1-6-17-12(16)10(18-13(3,4)5)8-7(2)19-11(15)9(8)14;1-10(2)11(3,4)15-12(14-10)9-5-7-13-8-6-9/h9,11-12,15-16,22H,8,10,13-14H2,1-7H3;7,9-10,13-14,20H,8,11-12H2,1-6H3,(H,26,27);9,17H,8,10-12H2,1-7H3;7H,8-10H2,1-6H3;10H,6H2,1-5H3;5-8H,1-4H3. The fourth-order valence-corrected chi connectivity index (χ4v) is 22.5. The second kappa shape index (κ2) is 47.2. The summed E-state index contributed by atoms with van der Waals surface area (Å²) in [5, 5.41) is 10.1. The van der Waals surface area contributed by atoms with Crippen molar-refractivity contribution in [2.24, 2.45) is 21.7 Å². The van der Waals surface area contributed by atoms with Crippen molar-refractivity contribution >= 4 is 145 Å². The van der Waals surface area contributed by atoms with Crippen LogP contribution < -0.4 is 5.46 Å². The fraction of sp³-hybridized carbons (Fsp3) is 0.606. The Kier molecular flexibility index (Phi) is 40.0. The van der Waals surface area contributed by atoms with Crippen LogP contribution in [0.3, 0.4) is 0 Å². The van der Waals surface area contributed by atoms with Crippen LogP contribution in [0.1, 0.15) is 375 Å². The average Bonchev–Trinajstić information content (AvgIpc) is 1.59. The zero-order valence-corrected chi connectivity index (χ0v) is 94.9. The molecule has 0 saturated carbocycles. The minimum Gasteiger partial charge on any atom is -0.479 e. The number of nitrogens with zero attached hydrogens (tertiary/aromatic N) is 3. The minimum absolute atomic E-state index is 0.129. The molecule has 2 fully saturated rings. The predicted molar refractivity (Wildman–Crippen MR) is 571 cm³/mol. The molecular formula is C109H156B2BrCl2N3O16S4. The summed E-state index contributed by atoms with van der Waals surface area (Å²) < 4.78 is 66.3. The third-order valence-electron chi connectivity index (χ3n) is 25.6. The molecule has 28 heteroatoms. The first kappa shape index (κ1) is 116. The van der Waals surface area contributed by atoms with Gasteiger partial charge in [0, 0.05) is 105 Å². The SMILES string of the molecule is CC1(C)CC=C(B2OC(C)(C)C(C)(C)O2)CC1.CC1(C)OB(c2ccncc2)OC1(C)C.CCOC(=O)C(OC(C)(C)C)c1c(C)sc(-c2ccncc2)c1C1=CCC(C)(C)CC1.CCOC(=O)C(OC(C)(C)C)c1c(C)sc(Cl)c1Br.CCOC(=O)C(OC(C)(C)C)c1c(C)sc(Cl)c1C1=CCC(C)(C)CC1.Cc1sc(-c2ccncc2)c(C2=CCC(C)(C)CC2)c1C(OC(C)(C)C)C(=O)O. The number of esters is 3. The van der Waals surface area contributed by atoms with E-state index in [1.165, 1.54) is 56.2 Å². The maximum Gasteiger partial charge on any atom is 0.494 e. The van der Waals surface area contributed by atoms with Gasteiger partial charge in [0.1, 0.15) is 8.67 Å². The summed E-state index contributed by atoms with van der Waals surface area (Å²) in [5.74, 6) is -2.01. The molecule has 9 heterocycles. The number of carboxylic acids is 1. The lowest BCUT2D eigenvalue weighted by atomic mass is 9.67. The van der Waals surface area contributed by atoms with Crippen molar-refractivity contribution in [2.75, 3.05) is 19.8 Å². The number of carboxylic acid groups (broad SMARTS) is 1. The smallest absolute Gasteiger partial charge is 0.479 e. The van der Waals surface area contributed by atoms with Gasteiger partial charge in [-0.05, 0) is 377 Å². The topological polar surface area (TPSA) is 229 Å². The lowest BCUT2D eigenvalue weighted by Gasteiger charge is -2.32. The number of carbonyl (C=O) groups is 4. The molecule has 2 aliphatic heterocycles. The maximum absolute atomic E-state index is 13.1. The van der Waals surface area contributed by atoms with Crippen LogP contribution in [0.5, 0.6) is 0 Å². The van der Waals surface area contributed by atoms with E-state index in [-0.39, 0.29) is 54.0 Å². The van der Waals surface area contributed by atoms with E-state index in [0.717, 1.165) is 155 Å². The molecule has 1 N–H and O–H groups in total. The van der Waals surface area contributed by atoms with Gasteiger partial charge in [0.05, 0.1) is 69.1 Å². The Balaban J connectivity index is 0.000000205. The van der Waals surface area contributed by atoms with E-state index in [1.807, 2.05) is 194 Å². The van der Waals surface area contributed by atoms with Crippen LogP contribution >= 0.6 is 84.5 Å². The Morgan fingerprint density at radius 2 is 0.679 bits per heavy atom. The molecule has 7 aromatic heterocycles. The van der Waals surface area contributed by atoms with Crippen LogP contribution in [0, 0.1) is 49.4 Å². The van der Waals surface area contributed by atoms with Gasteiger partial charge >= 0.3 is 38.1 Å². The van der Waals surface area contributed by atoms with E-state index < -0.39 is 58.8 Å². The third-order valence-corrected chi connectivity index (χ3v) is 31.9. The fourth-order valence-electron chi connectivity index (χ4n) is 16.4.